The molecule has 0 bridgehead atoms. The number of carbonyl (C=O) groups excluding carboxylic acids is 2. The van der Waals surface area contributed by atoms with E-state index in [9.17, 15) is 40.0 Å². The number of hydrogen-bond donors (Lipinski definition) is 2. The topological polar surface area (TPSA) is 137 Å². The summed E-state index contributed by atoms with van der Waals surface area (Å²) in [4.78, 5) is 29.6. The van der Waals surface area contributed by atoms with Gasteiger partial charge in [-0.2, -0.15) is 18.3 Å². The van der Waals surface area contributed by atoms with Crippen molar-refractivity contribution in [1.82, 2.24) is 20.1 Å². The first-order valence-corrected chi connectivity index (χ1v) is 15.0. The second kappa shape index (κ2) is 11.8. The number of nitrogens with two attached hydrogens (primary N) is 1. The molecule has 2 amide bonds. The fraction of sp³-hybridized carbons (Fsp3) is 0.241. The van der Waals surface area contributed by atoms with Gasteiger partial charge in [0.1, 0.15) is 18.2 Å². The van der Waals surface area contributed by atoms with E-state index in [1.807, 2.05) is 0 Å². The number of aromatic nitrogens is 3. The number of benzene rings is 2. The number of primary amides is 1. The first kappa shape index (κ1) is 30.8. The van der Waals surface area contributed by atoms with Gasteiger partial charge in [-0.1, -0.05) is 24.3 Å². The smallest absolute Gasteiger partial charge is 0.366 e. The summed E-state index contributed by atoms with van der Waals surface area (Å²) in [5.41, 5.74) is 4.46. The van der Waals surface area contributed by atoms with Gasteiger partial charge in [0.15, 0.2) is 15.5 Å². The largest absolute Gasteiger partial charge is 0.435 e. The highest BCUT2D eigenvalue weighted by Gasteiger charge is 2.42. The average Bonchev–Trinajstić information content (AvgIpc) is 3.29. The molecule has 44 heavy (non-hydrogen) atoms. The molecule has 2 aromatic heterocycles. The van der Waals surface area contributed by atoms with Crippen LogP contribution in [0.25, 0.3) is 11.1 Å². The highest BCUT2D eigenvalue weighted by Crippen LogP contribution is 2.36. The Hall–Kier alpha value is -4.66. The highest BCUT2D eigenvalue weighted by molar-refractivity contribution is 7.90. The van der Waals surface area contributed by atoms with Crippen molar-refractivity contribution in [3.8, 4) is 11.1 Å². The van der Waals surface area contributed by atoms with Gasteiger partial charge in [-0.15, -0.1) is 0 Å². The second-order valence-electron chi connectivity index (χ2n) is 10.2. The van der Waals surface area contributed by atoms with Crippen molar-refractivity contribution in [2.75, 3.05) is 5.75 Å². The van der Waals surface area contributed by atoms with Gasteiger partial charge in [-0.05, 0) is 47.9 Å². The number of amides is 2. The fourth-order valence-electron chi connectivity index (χ4n) is 5.18. The molecule has 0 spiro atoms. The zero-order chi connectivity index (χ0) is 31.8. The minimum atomic E-state index is -4.94. The number of carbonyl (C=O) groups is 2. The SMILES string of the molecule is NC(=O)c1cc(-c2cccnc2C(Cc2cccc(F)c2)NC(=O)Cn2nc(C(F)(F)F)c3c2CCS(=O)(=O)C3)ccc1F. The van der Waals surface area contributed by atoms with E-state index >= 15 is 0 Å². The zero-order valence-electron chi connectivity index (χ0n) is 22.7. The summed E-state index contributed by atoms with van der Waals surface area (Å²) in [7, 11) is -3.77. The summed E-state index contributed by atoms with van der Waals surface area (Å²) in [5.74, 6) is -4.42. The number of nitrogens with one attached hydrogen (secondary N) is 1. The third-order valence-corrected chi connectivity index (χ3v) is 8.67. The van der Waals surface area contributed by atoms with E-state index in [1.165, 1.54) is 36.5 Å². The summed E-state index contributed by atoms with van der Waals surface area (Å²) in [6.07, 6.45) is -3.79. The minimum absolute atomic E-state index is 0.00667. The van der Waals surface area contributed by atoms with Crippen LogP contribution in [0, 0.1) is 11.6 Å². The Morgan fingerprint density at radius 2 is 1.84 bits per heavy atom. The van der Waals surface area contributed by atoms with Crippen LogP contribution in [-0.2, 0) is 45.9 Å². The van der Waals surface area contributed by atoms with E-state index in [-0.39, 0.29) is 29.8 Å². The molecule has 0 fully saturated rings. The maximum absolute atomic E-state index is 14.2. The first-order valence-electron chi connectivity index (χ1n) is 13.2. The van der Waals surface area contributed by atoms with Crippen LogP contribution in [-0.4, -0.2) is 40.7 Å². The number of fused-ring (bicyclic) bond motifs is 1. The van der Waals surface area contributed by atoms with Gasteiger partial charge >= 0.3 is 6.18 Å². The van der Waals surface area contributed by atoms with E-state index in [1.54, 1.807) is 18.2 Å². The molecule has 230 valence electrons. The second-order valence-corrected chi connectivity index (χ2v) is 12.4. The van der Waals surface area contributed by atoms with Gasteiger partial charge in [0.25, 0.3) is 5.91 Å². The van der Waals surface area contributed by atoms with E-state index in [0.29, 0.717) is 16.7 Å². The highest BCUT2D eigenvalue weighted by atomic mass is 32.2. The molecule has 0 saturated heterocycles. The normalized spacial score (nSPS) is 14.9. The van der Waals surface area contributed by atoms with Gasteiger partial charge < -0.3 is 11.1 Å². The van der Waals surface area contributed by atoms with Crippen LogP contribution < -0.4 is 11.1 Å². The summed E-state index contributed by atoms with van der Waals surface area (Å²) in [5, 5.41) is 6.30. The van der Waals surface area contributed by atoms with Crippen molar-refractivity contribution in [1.29, 1.82) is 0 Å². The van der Waals surface area contributed by atoms with Crippen LogP contribution in [0.3, 0.4) is 0 Å². The Bertz CT molecular complexity index is 1870. The summed E-state index contributed by atoms with van der Waals surface area (Å²) >= 11 is 0. The molecule has 1 unspecified atom stereocenters. The number of pyridine rings is 1. The third-order valence-electron chi connectivity index (χ3n) is 7.12. The lowest BCUT2D eigenvalue weighted by atomic mass is 9.94. The minimum Gasteiger partial charge on any atom is -0.366 e. The number of nitrogens with zero attached hydrogens (tertiary/aromatic N) is 3. The van der Waals surface area contributed by atoms with E-state index < -0.39 is 74.8 Å². The van der Waals surface area contributed by atoms with Crippen LogP contribution in [0.1, 0.15) is 44.6 Å². The molecule has 1 atom stereocenters. The first-order chi connectivity index (χ1) is 20.7. The Morgan fingerprint density at radius 1 is 1.07 bits per heavy atom. The molecular formula is C29H24F5N5O4S. The molecule has 5 rings (SSSR count). The maximum Gasteiger partial charge on any atom is 0.435 e. The lowest BCUT2D eigenvalue weighted by Crippen LogP contribution is -2.34. The molecule has 3 N–H and O–H groups in total. The van der Waals surface area contributed by atoms with Crippen LogP contribution in [0.4, 0.5) is 22.0 Å². The number of sulfone groups is 1. The Kier molecular flexibility index (Phi) is 8.25. The van der Waals surface area contributed by atoms with Crippen molar-refractivity contribution >= 4 is 21.7 Å². The van der Waals surface area contributed by atoms with Crippen molar-refractivity contribution in [3.63, 3.8) is 0 Å². The van der Waals surface area contributed by atoms with Gasteiger partial charge in [0.05, 0.1) is 28.8 Å². The van der Waals surface area contributed by atoms with E-state index in [2.05, 4.69) is 15.4 Å². The van der Waals surface area contributed by atoms with Gasteiger partial charge in [0, 0.05) is 29.4 Å². The number of alkyl halides is 3. The average molecular weight is 634 g/mol. The quantitative estimate of drug-likeness (QED) is 0.283. The van der Waals surface area contributed by atoms with Crippen LogP contribution in [0.15, 0.2) is 60.8 Å². The monoisotopic (exact) mass is 633 g/mol. The summed E-state index contributed by atoms with van der Waals surface area (Å²) in [6.45, 7) is -0.678. The molecule has 4 aromatic rings. The predicted molar refractivity (Wildman–Crippen MR) is 148 cm³/mol. The molecular weight excluding hydrogens is 609 g/mol. The van der Waals surface area contributed by atoms with Crippen molar-refractivity contribution in [2.24, 2.45) is 5.73 Å². The number of rotatable bonds is 8. The summed E-state index contributed by atoms with van der Waals surface area (Å²) < 4.78 is 94.5. The van der Waals surface area contributed by atoms with E-state index in [4.69, 9.17) is 5.73 Å². The van der Waals surface area contributed by atoms with Crippen molar-refractivity contribution in [2.45, 2.75) is 37.4 Å². The Morgan fingerprint density at radius 3 is 2.55 bits per heavy atom. The zero-order valence-corrected chi connectivity index (χ0v) is 23.6. The molecule has 0 radical (unpaired) electrons. The van der Waals surface area contributed by atoms with Crippen LogP contribution >= 0.6 is 0 Å². The molecule has 2 aromatic carbocycles. The molecule has 0 aliphatic carbocycles. The van der Waals surface area contributed by atoms with Crippen LogP contribution in [0.2, 0.25) is 0 Å². The predicted octanol–water partition coefficient (Wildman–Crippen LogP) is 3.91. The standard InChI is InChI=1S/C29H24F5N5O4S/c30-18-4-1-3-16(11-18)12-23(26-19(5-2-9-36-26)17-6-7-22(31)20(13-17)28(35)41)37-25(40)14-39-24-8-10-44(42,43)15-21(24)27(38-39)29(32,33)34/h1-7,9,11,13,23H,8,10,12,14-15H2,(H2,35,41)(H,37,40). The molecule has 0 saturated carbocycles. The molecule has 9 nitrogen and oxygen atoms in total. The molecule has 1 aliphatic heterocycles. The lowest BCUT2D eigenvalue weighted by Gasteiger charge is -2.22. The maximum atomic E-state index is 14.2. The molecule has 15 heteroatoms. The van der Waals surface area contributed by atoms with Crippen molar-refractivity contribution < 1.29 is 40.0 Å². The van der Waals surface area contributed by atoms with Crippen molar-refractivity contribution in [3.05, 3.63) is 106 Å². The summed E-state index contributed by atoms with van der Waals surface area (Å²) in [6, 6.07) is 11.4. The van der Waals surface area contributed by atoms with Gasteiger partial charge in [0.2, 0.25) is 5.91 Å². The molecule has 1 aliphatic rings. The third kappa shape index (κ3) is 6.61. The Labute approximate surface area is 247 Å². The molecule has 3 heterocycles. The van der Waals surface area contributed by atoms with E-state index in [0.717, 1.165) is 10.7 Å². The Balaban J connectivity index is 1.52. The number of halogens is 5. The van der Waals surface area contributed by atoms with Gasteiger partial charge in [-0.3, -0.25) is 19.3 Å². The fourth-order valence-corrected chi connectivity index (χ4v) is 6.57. The number of hydrogen-bond acceptors (Lipinski definition) is 6. The van der Waals surface area contributed by atoms with Gasteiger partial charge in [-0.25, -0.2) is 17.2 Å². The van der Waals surface area contributed by atoms with Crippen LogP contribution in [0.5, 0.6) is 0 Å². The lowest BCUT2D eigenvalue weighted by molar-refractivity contribution is -0.142.